The van der Waals surface area contributed by atoms with Crippen LogP contribution in [0.25, 0.3) is 0 Å². The summed E-state index contributed by atoms with van der Waals surface area (Å²) in [5, 5.41) is 7.71. The molecule has 12 heteroatoms. The predicted octanol–water partition coefficient (Wildman–Crippen LogP) is 1.65. The maximum atomic E-state index is 12.8. The minimum Gasteiger partial charge on any atom is -0.492 e. The van der Waals surface area contributed by atoms with Crippen LogP contribution in [0.2, 0.25) is 5.02 Å². The van der Waals surface area contributed by atoms with Gasteiger partial charge in [-0.15, -0.1) is 0 Å². The lowest BCUT2D eigenvalue weighted by Crippen LogP contribution is -2.35. The number of rotatable bonds is 8. The zero-order valence-electron chi connectivity index (χ0n) is 15.6. The number of likely N-dealkylation sites (N-methyl/N-ethyl adjacent to an activating group) is 1. The number of hydrogen-bond donors (Lipinski definition) is 2. The molecule has 2 rings (SSSR count). The van der Waals surface area contributed by atoms with Crippen molar-refractivity contribution in [2.24, 2.45) is 5.14 Å². The van der Waals surface area contributed by atoms with Crippen molar-refractivity contribution in [2.75, 3.05) is 25.5 Å². The minimum atomic E-state index is -4.06. The Hall–Kier alpha value is -2.18. The van der Waals surface area contributed by atoms with E-state index in [1.165, 1.54) is 49.5 Å². The molecule has 29 heavy (non-hydrogen) atoms. The Morgan fingerprint density at radius 1 is 1.14 bits per heavy atom. The van der Waals surface area contributed by atoms with E-state index in [9.17, 15) is 21.6 Å². The van der Waals surface area contributed by atoms with Crippen molar-refractivity contribution in [3.63, 3.8) is 0 Å². The monoisotopic (exact) mass is 461 g/mol. The van der Waals surface area contributed by atoms with Crippen molar-refractivity contribution in [1.29, 1.82) is 0 Å². The number of nitrogens with one attached hydrogen (secondary N) is 1. The molecule has 0 fully saturated rings. The lowest BCUT2D eigenvalue weighted by Gasteiger charge is -2.19. The Kier molecular flexibility index (Phi) is 7.25. The molecule has 2 aromatic carbocycles. The number of amides is 1. The summed E-state index contributed by atoms with van der Waals surface area (Å²) >= 11 is 5.92. The van der Waals surface area contributed by atoms with Crippen molar-refractivity contribution in [3.05, 3.63) is 47.5 Å². The van der Waals surface area contributed by atoms with Gasteiger partial charge in [0.05, 0.1) is 18.0 Å². The standard InChI is InChI=1S/C17H20ClN3O6S2/c1-3-27-15-9-4-12(18)10-16(15)29(25,26)21(2)11-17(22)20-13-5-7-14(8-6-13)28(19,23)24/h4-10H,3,11H2,1-2H3,(H,20,22)(H2,19,23,24). The summed E-state index contributed by atoms with van der Waals surface area (Å²) in [5.74, 6) is -0.498. The molecule has 3 N–H and O–H groups in total. The molecule has 0 radical (unpaired) electrons. The molecule has 0 saturated carbocycles. The smallest absolute Gasteiger partial charge is 0.247 e. The van der Waals surface area contributed by atoms with Gasteiger partial charge in [-0.1, -0.05) is 11.6 Å². The fraction of sp³-hybridized carbons (Fsp3) is 0.235. The topological polar surface area (TPSA) is 136 Å². The summed E-state index contributed by atoms with van der Waals surface area (Å²) in [6.45, 7) is 1.48. The lowest BCUT2D eigenvalue weighted by molar-refractivity contribution is -0.116. The van der Waals surface area contributed by atoms with Gasteiger partial charge in [0, 0.05) is 17.8 Å². The van der Waals surface area contributed by atoms with Crippen LogP contribution in [0, 0.1) is 0 Å². The fourth-order valence-electron chi connectivity index (χ4n) is 2.34. The van der Waals surface area contributed by atoms with E-state index < -0.39 is 32.5 Å². The molecular formula is C17H20ClN3O6S2. The molecule has 0 aliphatic heterocycles. The van der Waals surface area contributed by atoms with Crippen molar-refractivity contribution < 1.29 is 26.4 Å². The van der Waals surface area contributed by atoms with E-state index >= 15 is 0 Å². The number of nitrogens with zero attached hydrogens (tertiary/aromatic N) is 1. The van der Waals surface area contributed by atoms with E-state index in [0.29, 0.717) is 0 Å². The summed E-state index contributed by atoms with van der Waals surface area (Å²) in [5.41, 5.74) is 0.283. The van der Waals surface area contributed by atoms with Crippen molar-refractivity contribution in [3.8, 4) is 5.75 Å². The Labute approximate surface area is 174 Å². The van der Waals surface area contributed by atoms with E-state index in [-0.39, 0.29) is 32.9 Å². The van der Waals surface area contributed by atoms with Crippen LogP contribution in [-0.4, -0.2) is 47.2 Å². The van der Waals surface area contributed by atoms with Crippen LogP contribution in [0.3, 0.4) is 0 Å². The number of ether oxygens (including phenoxy) is 1. The van der Waals surface area contributed by atoms with E-state index in [4.69, 9.17) is 21.5 Å². The van der Waals surface area contributed by atoms with E-state index in [0.717, 1.165) is 4.31 Å². The molecule has 1 amide bonds. The molecule has 0 spiro atoms. The van der Waals surface area contributed by atoms with Crippen molar-refractivity contribution >= 4 is 43.2 Å². The van der Waals surface area contributed by atoms with Crippen LogP contribution in [0.4, 0.5) is 5.69 Å². The Bertz CT molecular complexity index is 1100. The average Bonchev–Trinajstić information content (AvgIpc) is 2.62. The van der Waals surface area contributed by atoms with Crippen molar-refractivity contribution in [1.82, 2.24) is 4.31 Å². The molecule has 0 unspecified atom stereocenters. The normalized spacial score (nSPS) is 12.0. The highest BCUT2D eigenvalue weighted by Gasteiger charge is 2.27. The summed E-state index contributed by atoms with van der Waals surface area (Å²) in [6, 6.07) is 9.34. The summed E-state index contributed by atoms with van der Waals surface area (Å²) in [6.07, 6.45) is 0. The fourth-order valence-corrected chi connectivity index (χ4v) is 4.37. The lowest BCUT2D eigenvalue weighted by atomic mass is 10.3. The van der Waals surface area contributed by atoms with Gasteiger partial charge in [-0.3, -0.25) is 4.79 Å². The van der Waals surface area contributed by atoms with Gasteiger partial charge < -0.3 is 10.1 Å². The molecule has 0 heterocycles. The van der Waals surface area contributed by atoms with Crippen LogP contribution in [0.1, 0.15) is 6.92 Å². The molecule has 0 atom stereocenters. The van der Waals surface area contributed by atoms with Gasteiger partial charge in [0.2, 0.25) is 26.0 Å². The zero-order chi connectivity index (χ0) is 21.8. The number of hydrogen-bond acceptors (Lipinski definition) is 6. The number of nitrogens with two attached hydrogens (primary N) is 1. The quantitative estimate of drug-likeness (QED) is 0.613. The first-order chi connectivity index (χ1) is 13.4. The third-order valence-corrected chi connectivity index (χ3v) is 6.72. The molecule has 0 aromatic heterocycles. The second-order valence-electron chi connectivity index (χ2n) is 5.90. The molecule has 0 aliphatic rings. The minimum absolute atomic E-state index is 0.111. The number of anilines is 1. The van der Waals surface area contributed by atoms with E-state index in [1.807, 2.05) is 0 Å². The number of benzene rings is 2. The summed E-state index contributed by atoms with van der Waals surface area (Å²) < 4.78 is 54.4. The van der Waals surface area contributed by atoms with Gasteiger partial charge in [0.1, 0.15) is 10.6 Å². The summed E-state index contributed by atoms with van der Waals surface area (Å²) in [4.78, 5) is 12.0. The van der Waals surface area contributed by atoms with Gasteiger partial charge in [0.15, 0.2) is 0 Å². The van der Waals surface area contributed by atoms with Crippen LogP contribution in [0.15, 0.2) is 52.3 Å². The number of halogens is 1. The highest BCUT2D eigenvalue weighted by molar-refractivity contribution is 7.89. The van der Waals surface area contributed by atoms with Crippen LogP contribution >= 0.6 is 11.6 Å². The van der Waals surface area contributed by atoms with Gasteiger partial charge >= 0.3 is 0 Å². The average molecular weight is 462 g/mol. The molecule has 0 aliphatic carbocycles. The Morgan fingerprint density at radius 2 is 1.76 bits per heavy atom. The molecular weight excluding hydrogens is 442 g/mol. The molecule has 9 nitrogen and oxygen atoms in total. The number of primary sulfonamides is 1. The SMILES string of the molecule is CCOc1ccc(Cl)cc1S(=O)(=O)N(C)CC(=O)Nc1ccc(S(N)(=O)=O)cc1. The van der Waals surface area contributed by atoms with E-state index in [2.05, 4.69) is 5.32 Å². The largest absolute Gasteiger partial charge is 0.492 e. The van der Waals surface area contributed by atoms with Gasteiger partial charge in [-0.2, -0.15) is 4.31 Å². The van der Waals surface area contributed by atoms with Gasteiger partial charge in [-0.05, 0) is 49.4 Å². The highest BCUT2D eigenvalue weighted by Crippen LogP contribution is 2.29. The number of sulfonamides is 2. The maximum absolute atomic E-state index is 12.8. The molecule has 2 aromatic rings. The Morgan fingerprint density at radius 3 is 2.31 bits per heavy atom. The maximum Gasteiger partial charge on any atom is 0.247 e. The first-order valence-corrected chi connectivity index (χ1v) is 11.6. The Balaban J connectivity index is 2.15. The third kappa shape index (κ3) is 5.90. The third-order valence-electron chi connectivity index (χ3n) is 3.73. The second kappa shape index (κ2) is 9.09. The van der Waals surface area contributed by atoms with Gasteiger partial charge in [0.25, 0.3) is 0 Å². The first-order valence-electron chi connectivity index (χ1n) is 8.26. The molecule has 0 saturated heterocycles. The summed E-state index contributed by atoms with van der Waals surface area (Å²) in [7, 11) is -6.67. The number of carbonyl (C=O) groups excluding carboxylic acids is 1. The van der Waals surface area contributed by atoms with Crippen LogP contribution in [0.5, 0.6) is 5.75 Å². The predicted molar refractivity (Wildman–Crippen MR) is 109 cm³/mol. The zero-order valence-corrected chi connectivity index (χ0v) is 18.0. The number of carbonyl (C=O) groups is 1. The first kappa shape index (κ1) is 23.1. The van der Waals surface area contributed by atoms with Gasteiger partial charge in [-0.25, -0.2) is 22.0 Å². The van der Waals surface area contributed by atoms with E-state index in [1.54, 1.807) is 6.92 Å². The van der Waals surface area contributed by atoms with Crippen LogP contribution in [-0.2, 0) is 24.8 Å². The molecule has 0 bridgehead atoms. The van der Waals surface area contributed by atoms with Crippen molar-refractivity contribution in [2.45, 2.75) is 16.7 Å². The highest BCUT2D eigenvalue weighted by atomic mass is 35.5. The van der Waals surface area contributed by atoms with Crippen LogP contribution < -0.4 is 15.2 Å². The second-order valence-corrected chi connectivity index (χ2v) is 9.91. The molecule has 158 valence electrons.